The third-order valence-corrected chi connectivity index (χ3v) is 3.95. The molecule has 0 saturated heterocycles. The predicted octanol–water partition coefficient (Wildman–Crippen LogP) is 4.60. The molecule has 2 rings (SSSR count). The van der Waals surface area contributed by atoms with Crippen molar-refractivity contribution in [2.45, 2.75) is 33.7 Å². The smallest absolute Gasteiger partial charge is 0.257 e. The van der Waals surface area contributed by atoms with Gasteiger partial charge in [0.15, 0.2) is 0 Å². The van der Waals surface area contributed by atoms with Crippen molar-refractivity contribution in [2.24, 2.45) is 0 Å². The minimum Gasteiger partial charge on any atom is -0.495 e. The standard InChI is InChI=1S/C17H21ClN2O2/c1-10(2)20-11(3)8-14(12(20)4)17(21)19-13-6-7-16(22-5)15(18)9-13/h6-10H,1-5H3,(H,19,21). The van der Waals surface area contributed by atoms with E-state index >= 15 is 0 Å². The summed E-state index contributed by atoms with van der Waals surface area (Å²) in [6.45, 7) is 8.17. The number of ether oxygens (including phenoxy) is 1. The van der Waals surface area contributed by atoms with Crippen LogP contribution < -0.4 is 10.1 Å². The Morgan fingerprint density at radius 2 is 1.95 bits per heavy atom. The van der Waals surface area contributed by atoms with E-state index in [9.17, 15) is 4.79 Å². The first-order valence-corrected chi connectivity index (χ1v) is 7.56. The van der Waals surface area contributed by atoms with E-state index in [1.165, 1.54) is 0 Å². The van der Waals surface area contributed by atoms with Crippen LogP contribution >= 0.6 is 11.6 Å². The highest BCUT2D eigenvalue weighted by atomic mass is 35.5. The Labute approximate surface area is 136 Å². The highest BCUT2D eigenvalue weighted by Crippen LogP contribution is 2.28. The average molecular weight is 321 g/mol. The monoisotopic (exact) mass is 320 g/mol. The lowest BCUT2D eigenvalue weighted by Gasteiger charge is -2.13. The molecule has 0 saturated carbocycles. The zero-order chi connectivity index (χ0) is 16.4. The fraction of sp³-hybridized carbons (Fsp3) is 0.353. The van der Waals surface area contributed by atoms with Crippen molar-refractivity contribution in [3.63, 3.8) is 0 Å². The highest BCUT2D eigenvalue weighted by molar-refractivity contribution is 6.32. The first-order chi connectivity index (χ1) is 10.3. The summed E-state index contributed by atoms with van der Waals surface area (Å²) in [5.74, 6) is 0.443. The van der Waals surface area contributed by atoms with Crippen LogP contribution in [0.15, 0.2) is 24.3 Å². The molecule has 1 N–H and O–H groups in total. The Kier molecular flexibility index (Phi) is 4.81. The molecule has 0 aliphatic rings. The lowest BCUT2D eigenvalue weighted by molar-refractivity contribution is 0.102. The number of rotatable bonds is 4. The molecule has 0 spiro atoms. The van der Waals surface area contributed by atoms with E-state index in [-0.39, 0.29) is 5.91 Å². The van der Waals surface area contributed by atoms with Crippen LogP contribution in [0.1, 0.15) is 41.6 Å². The zero-order valence-corrected chi connectivity index (χ0v) is 14.3. The van der Waals surface area contributed by atoms with Gasteiger partial charge in [-0.15, -0.1) is 0 Å². The number of anilines is 1. The molecule has 0 fully saturated rings. The minimum absolute atomic E-state index is 0.138. The molecule has 1 heterocycles. The summed E-state index contributed by atoms with van der Waals surface area (Å²) in [4.78, 5) is 12.5. The van der Waals surface area contributed by atoms with Gasteiger partial charge in [-0.1, -0.05) is 11.6 Å². The van der Waals surface area contributed by atoms with Gasteiger partial charge in [-0.05, 0) is 52.0 Å². The number of amides is 1. The third kappa shape index (κ3) is 3.12. The van der Waals surface area contributed by atoms with Crippen LogP contribution in [-0.4, -0.2) is 17.6 Å². The minimum atomic E-state index is -0.138. The number of nitrogens with zero attached hydrogens (tertiary/aromatic N) is 1. The second-order valence-electron chi connectivity index (χ2n) is 5.55. The van der Waals surface area contributed by atoms with Crippen LogP contribution in [0.5, 0.6) is 5.75 Å². The van der Waals surface area contributed by atoms with Gasteiger partial charge in [0, 0.05) is 23.1 Å². The van der Waals surface area contributed by atoms with Crippen LogP contribution in [0.4, 0.5) is 5.69 Å². The molecule has 0 radical (unpaired) electrons. The maximum Gasteiger partial charge on any atom is 0.257 e. The molecular formula is C17H21ClN2O2. The lowest BCUT2D eigenvalue weighted by atomic mass is 10.2. The topological polar surface area (TPSA) is 43.3 Å². The fourth-order valence-electron chi connectivity index (χ4n) is 2.74. The van der Waals surface area contributed by atoms with Gasteiger partial charge in [-0.25, -0.2) is 0 Å². The summed E-state index contributed by atoms with van der Waals surface area (Å²) >= 11 is 6.08. The Hall–Kier alpha value is -1.94. The van der Waals surface area contributed by atoms with Crippen molar-refractivity contribution in [1.29, 1.82) is 0 Å². The number of aryl methyl sites for hydroxylation is 1. The van der Waals surface area contributed by atoms with Crippen molar-refractivity contribution >= 4 is 23.2 Å². The van der Waals surface area contributed by atoms with E-state index < -0.39 is 0 Å². The normalized spacial score (nSPS) is 10.9. The maximum absolute atomic E-state index is 12.5. The van der Waals surface area contributed by atoms with Crippen molar-refractivity contribution < 1.29 is 9.53 Å². The molecule has 1 amide bonds. The predicted molar refractivity (Wildman–Crippen MR) is 90.2 cm³/mol. The fourth-order valence-corrected chi connectivity index (χ4v) is 3.00. The highest BCUT2D eigenvalue weighted by Gasteiger charge is 2.17. The molecule has 0 atom stereocenters. The van der Waals surface area contributed by atoms with E-state index in [1.807, 2.05) is 19.9 Å². The Bertz CT molecular complexity index is 705. The van der Waals surface area contributed by atoms with Gasteiger partial charge in [0.2, 0.25) is 0 Å². The molecule has 1 aromatic heterocycles. The average Bonchev–Trinajstić information content (AvgIpc) is 2.74. The van der Waals surface area contributed by atoms with Gasteiger partial charge in [-0.2, -0.15) is 0 Å². The number of nitrogens with one attached hydrogen (secondary N) is 1. The quantitative estimate of drug-likeness (QED) is 0.894. The molecule has 118 valence electrons. The summed E-state index contributed by atoms with van der Waals surface area (Å²) < 4.78 is 7.25. The molecule has 0 aliphatic heterocycles. The van der Waals surface area contributed by atoms with Gasteiger partial charge in [0.1, 0.15) is 5.75 Å². The summed E-state index contributed by atoms with van der Waals surface area (Å²) in [6.07, 6.45) is 0. The molecule has 4 nitrogen and oxygen atoms in total. The van der Waals surface area contributed by atoms with Crippen LogP contribution in [0, 0.1) is 13.8 Å². The molecule has 0 aliphatic carbocycles. The van der Waals surface area contributed by atoms with Crippen molar-refractivity contribution in [3.8, 4) is 5.75 Å². The van der Waals surface area contributed by atoms with E-state index in [1.54, 1.807) is 25.3 Å². The number of carbonyl (C=O) groups excluding carboxylic acids is 1. The van der Waals surface area contributed by atoms with Gasteiger partial charge < -0.3 is 14.6 Å². The number of benzene rings is 1. The van der Waals surface area contributed by atoms with Gasteiger partial charge >= 0.3 is 0 Å². The number of halogens is 1. The van der Waals surface area contributed by atoms with Crippen molar-refractivity contribution in [2.75, 3.05) is 12.4 Å². The van der Waals surface area contributed by atoms with Crippen molar-refractivity contribution in [3.05, 3.63) is 46.2 Å². The van der Waals surface area contributed by atoms with Crippen LogP contribution in [0.3, 0.4) is 0 Å². The van der Waals surface area contributed by atoms with Gasteiger partial charge in [0.25, 0.3) is 5.91 Å². The molecule has 5 heteroatoms. The second-order valence-corrected chi connectivity index (χ2v) is 5.96. The Balaban J connectivity index is 2.26. The first-order valence-electron chi connectivity index (χ1n) is 7.18. The molecule has 2 aromatic rings. The Morgan fingerprint density at radius 3 is 2.45 bits per heavy atom. The zero-order valence-electron chi connectivity index (χ0n) is 13.5. The molecule has 0 bridgehead atoms. The van der Waals surface area contributed by atoms with E-state index in [2.05, 4.69) is 23.7 Å². The lowest BCUT2D eigenvalue weighted by Crippen LogP contribution is -2.14. The second kappa shape index (κ2) is 6.44. The van der Waals surface area contributed by atoms with Gasteiger partial charge in [0.05, 0.1) is 17.7 Å². The maximum atomic E-state index is 12.5. The molecular weight excluding hydrogens is 300 g/mol. The van der Waals surface area contributed by atoms with Gasteiger partial charge in [-0.3, -0.25) is 4.79 Å². The van der Waals surface area contributed by atoms with Crippen molar-refractivity contribution in [1.82, 2.24) is 4.57 Å². The summed E-state index contributed by atoms with van der Waals surface area (Å²) in [5, 5.41) is 3.34. The number of methoxy groups -OCH3 is 1. The van der Waals surface area contributed by atoms with Crippen LogP contribution in [0.2, 0.25) is 5.02 Å². The number of aromatic nitrogens is 1. The molecule has 22 heavy (non-hydrogen) atoms. The summed E-state index contributed by atoms with van der Waals surface area (Å²) in [6, 6.07) is 7.41. The van der Waals surface area contributed by atoms with E-state index in [0.29, 0.717) is 28.1 Å². The van der Waals surface area contributed by atoms with E-state index in [0.717, 1.165) is 11.4 Å². The largest absolute Gasteiger partial charge is 0.495 e. The summed E-state index contributed by atoms with van der Waals surface area (Å²) in [7, 11) is 1.56. The first kappa shape index (κ1) is 16.4. The van der Waals surface area contributed by atoms with Crippen LogP contribution in [0.25, 0.3) is 0 Å². The SMILES string of the molecule is COc1ccc(NC(=O)c2cc(C)n(C(C)C)c2C)cc1Cl. The van der Waals surface area contributed by atoms with Crippen LogP contribution in [-0.2, 0) is 0 Å². The van der Waals surface area contributed by atoms with E-state index in [4.69, 9.17) is 16.3 Å². The third-order valence-electron chi connectivity index (χ3n) is 3.66. The molecule has 1 aromatic carbocycles. The Morgan fingerprint density at radius 1 is 1.27 bits per heavy atom. The molecule has 0 unspecified atom stereocenters. The number of carbonyl (C=O) groups is 1. The number of hydrogen-bond acceptors (Lipinski definition) is 2. The number of hydrogen-bond donors (Lipinski definition) is 1. The summed E-state index contributed by atoms with van der Waals surface area (Å²) in [5.41, 5.74) is 3.36.